The molecule has 1 aliphatic rings. The van der Waals surface area contributed by atoms with Crippen LogP contribution in [0, 0.1) is 0 Å². The Balaban J connectivity index is 1.98. The van der Waals surface area contributed by atoms with Crippen LogP contribution in [0.15, 0.2) is 30.3 Å². The van der Waals surface area contributed by atoms with Gasteiger partial charge in [0.25, 0.3) is 0 Å². The number of alkyl halides is 2. The first kappa shape index (κ1) is 11.5. The van der Waals surface area contributed by atoms with Crippen molar-refractivity contribution < 1.29 is 8.78 Å². The minimum absolute atomic E-state index is 0.0191. The Bertz CT molecular complexity index is 324. The molecule has 1 aliphatic heterocycles. The van der Waals surface area contributed by atoms with Crippen LogP contribution in [-0.2, 0) is 6.42 Å². The maximum Gasteiger partial charge on any atom is 0.249 e. The molecule has 88 valence electrons. The number of halogens is 2. The second kappa shape index (κ2) is 4.91. The van der Waals surface area contributed by atoms with Crippen LogP contribution in [0.1, 0.15) is 24.8 Å². The Morgan fingerprint density at radius 1 is 1.25 bits per heavy atom. The predicted octanol–water partition coefficient (Wildman–Crippen LogP) is 3.01. The van der Waals surface area contributed by atoms with E-state index in [1.165, 1.54) is 0 Å². The molecule has 0 radical (unpaired) electrons. The molecule has 2 rings (SSSR count). The normalized spacial score (nSPS) is 25.0. The molecule has 1 heterocycles. The minimum Gasteiger partial charge on any atom is -0.313 e. The maximum absolute atomic E-state index is 13.4. The van der Waals surface area contributed by atoms with Crippen LogP contribution < -0.4 is 5.32 Å². The van der Waals surface area contributed by atoms with Gasteiger partial charge in [-0.2, -0.15) is 0 Å². The predicted molar refractivity (Wildman–Crippen MR) is 60.7 cm³/mol. The van der Waals surface area contributed by atoms with Gasteiger partial charge in [-0.25, -0.2) is 8.78 Å². The summed E-state index contributed by atoms with van der Waals surface area (Å²) >= 11 is 0. The minimum atomic E-state index is -2.50. The van der Waals surface area contributed by atoms with Crippen molar-refractivity contribution in [2.75, 3.05) is 6.54 Å². The molecule has 0 saturated carbocycles. The molecule has 1 nitrogen and oxygen atoms in total. The summed E-state index contributed by atoms with van der Waals surface area (Å²) in [5.74, 6) is -2.50. The maximum atomic E-state index is 13.4. The van der Waals surface area contributed by atoms with Gasteiger partial charge in [-0.3, -0.25) is 0 Å². The van der Waals surface area contributed by atoms with Crippen molar-refractivity contribution in [2.24, 2.45) is 0 Å². The zero-order chi connectivity index (χ0) is 11.4. The number of nitrogens with one attached hydrogen (secondary N) is 1. The molecule has 1 saturated heterocycles. The largest absolute Gasteiger partial charge is 0.313 e. The van der Waals surface area contributed by atoms with Crippen LogP contribution in [0.4, 0.5) is 8.78 Å². The molecule has 0 bridgehead atoms. The Kier molecular flexibility index (Phi) is 3.54. The SMILES string of the molecule is FC1(F)CCCNC(Cc2ccccc2)C1. The van der Waals surface area contributed by atoms with E-state index in [2.05, 4.69) is 5.32 Å². The molecule has 0 aliphatic carbocycles. The van der Waals surface area contributed by atoms with Crippen molar-refractivity contribution in [1.82, 2.24) is 5.32 Å². The van der Waals surface area contributed by atoms with Gasteiger partial charge in [-0.1, -0.05) is 30.3 Å². The van der Waals surface area contributed by atoms with Crippen molar-refractivity contribution in [3.63, 3.8) is 0 Å². The Morgan fingerprint density at radius 3 is 2.75 bits per heavy atom. The summed E-state index contributed by atoms with van der Waals surface area (Å²) in [6.45, 7) is 0.701. The Morgan fingerprint density at radius 2 is 2.00 bits per heavy atom. The average Bonchev–Trinajstić information content (AvgIpc) is 2.40. The molecule has 1 unspecified atom stereocenters. The van der Waals surface area contributed by atoms with Crippen molar-refractivity contribution in [1.29, 1.82) is 0 Å². The van der Waals surface area contributed by atoms with Gasteiger partial charge in [0, 0.05) is 18.9 Å². The van der Waals surface area contributed by atoms with Gasteiger partial charge < -0.3 is 5.32 Å². The second-order valence-electron chi connectivity index (χ2n) is 4.50. The fourth-order valence-electron chi connectivity index (χ4n) is 2.23. The standard InChI is InChI=1S/C13H17F2N/c14-13(15)7-4-8-16-12(10-13)9-11-5-2-1-3-6-11/h1-3,5-6,12,16H,4,7-10H2. The van der Waals surface area contributed by atoms with E-state index in [0.717, 1.165) is 5.56 Å². The monoisotopic (exact) mass is 225 g/mol. The summed E-state index contributed by atoms with van der Waals surface area (Å²) < 4.78 is 26.8. The van der Waals surface area contributed by atoms with Gasteiger partial charge in [0.05, 0.1) is 0 Å². The lowest BCUT2D eigenvalue weighted by atomic mass is 10.00. The molecule has 0 amide bonds. The highest BCUT2D eigenvalue weighted by atomic mass is 19.3. The van der Waals surface area contributed by atoms with Gasteiger partial charge in [-0.05, 0) is 24.9 Å². The van der Waals surface area contributed by atoms with Crippen molar-refractivity contribution >= 4 is 0 Å². The van der Waals surface area contributed by atoms with Crippen LogP contribution >= 0.6 is 0 Å². The van der Waals surface area contributed by atoms with Crippen LogP contribution in [0.2, 0.25) is 0 Å². The van der Waals surface area contributed by atoms with E-state index >= 15 is 0 Å². The van der Waals surface area contributed by atoms with Crippen LogP contribution in [0.25, 0.3) is 0 Å². The molecule has 0 spiro atoms. The highest BCUT2D eigenvalue weighted by molar-refractivity contribution is 5.16. The van der Waals surface area contributed by atoms with Gasteiger partial charge in [-0.15, -0.1) is 0 Å². The van der Waals surface area contributed by atoms with E-state index in [0.29, 0.717) is 19.4 Å². The van der Waals surface area contributed by atoms with Gasteiger partial charge in [0.2, 0.25) is 5.92 Å². The molecule has 1 aromatic rings. The van der Waals surface area contributed by atoms with E-state index in [4.69, 9.17) is 0 Å². The number of benzene rings is 1. The molecule has 1 atom stereocenters. The summed E-state index contributed by atoms with van der Waals surface area (Å²) in [4.78, 5) is 0. The fraction of sp³-hybridized carbons (Fsp3) is 0.538. The molecule has 0 aromatic heterocycles. The first-order valence-electron chi connectivity index (χ1n) is 5.81. The van der Waals surface area contributed by atoms with Crippen LogP contribution in [0.3, 0.4) is 0 Å². The molecule has 1 N–H and O–H groups in total. The molecular weight excluding hydrogens is 208 g/mol. The number of rotatable bonds is 2. The van der Waals surface area contributed by atoms with Gasteiger partial charge >= 0.3 is 0 Å². The van der Waals surface area contributed by atoms with Crippen molar-refractivity contribution in [3.05, 3.63) is 35.9 Å². The fourth-order valence-corrected chi connectivity index (χ4v) is 2.23. The summed E-state index contributed by atoms with van der Waals surface area (Å²) in [5.41, 5.74) is 1.12. The zero-order valence-corrected chi connectivity index (χ0v) is 9.26. The average molecular weight is 225 g/mol. The molecule has 1 aromatic carbocycles. The smallest absolute Gasteiger partial charge is 0.249 e. The van der Waals surface area contributed by atoms with Crippen LogP contribution in [-0.4, -0.2) is 18.5 Å². The Labute approximate surface area is 94.9 Å². The number of hydrogen-bond acceptors (Lipinski definition) is 1. The molecule has 16 heavy (non-hydrogen) atoms. The van der Waals surface area contributed by atoms with Gasteiger partial charge in [0.1, 0.15) is 0 Å². The Hall–Kier alpha value is -0.960. The van der Waals surface area contributed by atoms with Crippen molar-refractivity contribution in [2.45, 2.75) is 37.6 Å². The van der Waals surface area contributed by atoms with E-state index in [1.54, 1.807) is 0 Å². The lowest BCUT2D eigenvalue weighted by Crippen LogP contribution is -2.33. The highest BCUT2D eigenvalue weighted by Crippen LogP contribution is 2.29. The van der Waals surface area contributed by atoms with Crippen LogP contribution in [0.5, 0.6) is 0 Å². The lowest BCUT2D eigenvalue weighted by Gasteiger charge is -2.20. The highest BCUT2D eigenvalue weighted by Gasteiger charge is 2.34. The molecule has 1 fully saturated rings. The summed E-state index contributed by atoms with van der Waals surface area (Å²) in [6, 6.07) is 9.72. The van der Waals surface area contributed by atoms with Crippen molar-refractivity contribution in [3.8, 4) is 0 Å². The summed E-state index contributed by atoms with van der Waals surface area (Å²) in [5, 5.41) is 3.21. The third-order valence-corrected chi connectivity index (χ3v) is 3.02. The molecular formula is C13H17F2N. The van der Waals surface area contributed by atoms with E-state index in [1.807, 2.05) is 30.3 Å². The first-order chi connectivity index (χ1) is 7.66. The van der Waals surface area contributed by atoms with E-state index < -0.39 is 5.92 Å². The first-order valence-corrected chi connectivity index (χ1v) is 5.81. The summed E-state index contributed by atoms with van der Waals surface area (Å²) in [6.07, 6.45) is 1.24. The topological polar surface area (TPSA) is 12.0 Å². The summed E-state index contributed by atoms with van der Waals surface area (Å²) in [7, 11) is 0. The number of hydrogen-bond donors (Lipinski definition) is 1. The second-order valence-corrected chi connectivity index (χ2v) is 4.50. The van der Waals surface area contributed by atoms with E-state index in [-0.39, 0.29) is 18.9 Å². The van der Waals surface area contributed by atoms with E-state index in [9.17, 15) is 8.78 Å². The zero-order valence-electron chi connectivity index (χ0n) is 9.26. The van der Waals surface area contributed by atoms with Gasteiger partial charge in [0.15, 0.2) is 0 Å². The lowest BCUT2D eigenvalue weighted by molar-refractivity contribution is -0.0183. The molecule has 3 heteroatoms. The third kappa shape index (κ3) is 3.27. The quantitative estimate of drug-likeness (QED) is 0.815. The third-order valence-electron chi connectivity index (χ3n) is 3.02.